The second-order valence-electron chi connectivity index (χ2n) is 7.47. The number of aryl methyl sites for hydroxylation is 1. The van der Waals surface area contributed by atoms with E-state index in [2.05, 4.69) is 5.32 Å². The molecule has 3 aromatic carbocycles. The molecule has 0 fully saturated rings. The van der Waals surface area contributed by atoms with Crippen molar-refractivity contribution in [3.8, 4) is 5.75 Å². The number of nitro benzene ring substituents is 1. The minimum Gasteiger partial charge on any atom is -0.483 e. The molecule has 0 unspecified atom stereocenters. The SMILES string of the molecule is Cc1ccc(Sc2cc(NC(=O)c3ccc(COc4ccc(F)cc4F)o3)cc([N+](=O)[O-])c2)cc1. The van der Waals surface area contributed by atoms with Gasteiger partial charge in [-0.1, -0.05) is 29.5 Å². The van der Waals surface area contributed by atoms with Crippen LogP contribution in [0.2, 0.25) is 0 Å². The summed E-state index contributed by atoms with van der Waals surface area (Å²) in [4.78, 5) is 25.0. The Balaban J connectivity index is 1.46. The van der Waals surface area contributed by atoms with Gasteiger partial charge in [0.2, 0.25) is 0 Å². The number of nitrogens with zero attached hydrogens (tertiary/aromatic N) is 1. The fourth-order valence-corrected chi connectivity index (χ4v) is 3.98. The normalized spacial score (nSPS) is 10.7. The van der Waals surface area contributed by atoms with Crippen molar-refractivity contribution in [2.24, 2.45) is 0 Å². The van der Waals surface area contributed by atoms with Crippen LogP contribution < -0.4 is 10.1 Å². The number of nitro groups is 1. The zero-order valence-corrected chi connectivity index (χ0v) is 19.1. The van der Waals surface area contributed by atoms with Crippen LogP contribution in [0.4, 0.5) is 20.2 Å². The van der Waals surface area contributed by atoms with Gasteiger partial charge in [-0.25, -0.2) is 8.78 Å². The van der Waals surface area contributed by atoms with Gasteiger partial charge in [-0.05, 0) is 49.4 Å². The lowest BCUT2D eigenvalue weighted by atomic mass is 10.2. The highest BCUT2D eigenvalue weighted by atomic mass is 32.2. The number of carbonyl (C=O) groups excluding carboxylic acids is 1. The van der Waals surface area contributed by atoms with Gasteiger partial charge >= 0.3 is 0 Å². The first-order chi connectivity index (χ1) is 16.8. The van der Waals surface area contributed by atoms with Crippen LogP contribution in [0.3, 0.4) is 0 Å². The molecule has 7 nitrogen and oxygen atoms in total. The van der Waals surface area contributed by atoms with Gasteiger partial charge in [0.1, 0.15) is 18.2 Å². The van der Waals surface area contributed by atoms with Gasteiger partial charge in [-0.15, -0.1) is 0 Å². The van der Waals surface area contributed by atoms with E-state index in [1.54, 1.807) is 6.07 Å². The quantitative estimate of drug-likeness (QED) is 0.214. The lowest BCUT2D eigenvalue weighted by Crippen LogP contribution is -2.11. The van der Waals surface area contributed by atoms with Gasteiger partial charge in [0.15, 0.2) is 17.3 Å². The number of rotatable bonds is 8. The molecule has 178 valence electrons. The molecule has 0 saturated heterocycles. The van der Waals surface area contributed by atoms with E-state index in [1.807, 2.05) is 31.2 Å². The van der Waals surface area contributed by atoms with Crippen LogP contribution in [0.15, 0.2) is 87.0 Å². The Labute approximate surface area is 202 Å². The summed E-state index contributed by atoms with van der Waals surface area (Å²) >= 11 is 1.33. The minimum atomic E-state index is -0.862. The zero-order chi connectivity index (χ0) is 24.9. The first-order valence-corrected chi connectivity index (χ1v) is 11.1. The molecule has 4 rings (SSSR count). The van der Waals surface area contributed by atoms with Crippen molar-refractivity contribution in [2.75, 3.05) is 5.32 Å². The second-order valence-corrected chi connectivity index (χ2v) is 8.62. The van der Waals surface area contributed by atoms with E-state index in [1.165, 1.54) is 36.0 Å². The molecule has 0 atom stereocenters. The first-order valence-electron chi connectivity index (χ1n) is 10.3. The topological polar surface area (TPSA) is 94.6 Å². The van der Waals surface area contributed by atoms with Crippen molar-refractivity contribution in [2.45, 2.75) is 23.3 Å². The smallest absolute Gasteiger partial charge is 0.291 e. The average molecular weight is 496 g/mol. The van der Waals surface area contributed by atoms with Crippen molar-refractivity contribution in [1.29, 1.82) is 0 Å². The van der Waals surface area contributed by atoms with Crippen LogP contribution in [0, 0.1) is 28.7 Å². The molecule has 0 radical (unpaired) electrons. The zero-order valence-electron chi connectivity index (χ0n) is 18.3. The van der Waals surface area contributed by atoms with Crippen molar-refractivity contribution < 1.29 is 27.7 Å². The van der Waals surface area contributed by atoms with E-state index in [-0.39, 0.29) is 35.3 Å². The number of ether oxygens (including phenoxy) is 1. The molecule has 0 aliphatic rings. The van der Waals surface area contributed by atoms with Crippen LogP contribution in [0.5, 0.6) is 5.75 Å². The van der Waals surface area contributed by atoms with Gasteiger partial charge < -0.3 is 14.5 Å². The number of hydrogen-bond donors (Lipinski definition) is 1. The van der Waals surface area contributed by atoms with Crippen LogP contribution in [0.1, 0.15) is 21.9 Å². The van der Waals surface area contributed by atoms with Crippen LogP contribution >= 0.6 is 11.8 Å². The predicted octanol–water partition coefficient (Wildman–Crippen LogP) is 6.76. The van der Waals surface area contributed by atoms with E-state index in [4.69, 9.17) is 9.15 Å². The molecule has 1 N–H and O–H groups in total. The number of halogens is 2. The minimum absolute atomic E-state index is 0.0672. The predicted molar refractivity (Wildman–Crippen MR) is 126 cm³/mol. The largest absolute Gasteiger partial charge is 0.483 e. The number of furan rings is 1. The Morgan fingerprint density at radius 3 is 2.51 bits per heavy atom. The molecule has 0 aliphatic carbocycles. The Bertz CT molecular complexity index is 1390. The maximum atomic E-state index is 13.7. The molecule has 1 amide bonds. The summed E-state index contributed by atoms with van der Waals surface area (Å²) in [6, 6.07) is 17.8. The van der Waals surface area contributed by atoms with E-state index >= 15 is 0 Å². The summed E-state index contributed by atoms with van der Waals surface area (Å²) in [5, 5.41) is 14.0. The Morgan fingerprint density at radius 1 is 1.03 bits per heavy atom. The summed E-state index contributed by atoms with van der Waals surface area (Å²) in [6.45, 7) is 1.77. The van der Waals surface area contributed by atoms with Crippen molar-refractivity contribution >= 4 is 29.0 Å². The number of nitrogens with one attached hydrogen (secondary N) is 1. The third-order valence-electron chi connectivity index (χ3n) is 4.77. The maximum absolute atomic E-state index is 13.7. The first kappa shape index (κ1) is 24.0. The summed E-state index contributed by atoms with van der Waals surface area (Å²) in [5.74, 6) is -2.22. The highest BCUT2D eigenvalue weighted by Gasteiger charge is 2.16. The molecule has 1 aromatic heterocycles. The molecule has 0 aliphatic heterocycles. The molecule has 0 bridgehead atoms. The standard InChI is InChI=1S/C25H18F2N2O5S/c1-15-2-6-20(7-3-15)35-21-12-17(11-18(13-21)29(31)32)28-25(30)24-9-5-19(34-24)14-33-23-8-4-16(26)10-22(23)27/h2-13H,14H2,1H3,(H,28,30). The Morgan fingerprint density at radius 2 is 1.80 bits per heavy atom. The fourth-order valence-electron chi connectivity index (χ4n) is 3.07. The molecule has 4 aromatic rings. The molecular weight excluding hydrogens is 478 g/mol. The molecule has 0 saturated carbocycles. The lowest BCUT2D eigenvalue weighted by molar-refractivity contribution is -0.385. The third-order valence-corrected chi connectivity index (χ3v) is 5.75. The fraction of sp³-hybridized carbons (Fsp3) is 0.0800. The van der Waals surface area contributed by atoms with E-state index in [0.717, 1.165) is 22.6 Å². The monoisotopic (exact) mass is 496 g/mol. The number of benzene rings is 3. The van der Waals surface area contributed by atoms with E-state index < -0.39 is 22.5 Å². The summed E-state index contributed by atoms with van der Waals surface area (Å²) < 4.78 is 37.4. The maximum Gasteiger partial charge on any atom is 0.291 e. The summed E-state index contributed by atoms with van der Waals surface area (Å²) in [6.07, 6.45) is 0. The summed E-state index contributed by atoms with van der Waals surface area (Å²) in [5.41, 5.74) is 1.14. The number of carbonyl (C=O) groups is 1. The van der Waals surface area contributed by atoms with Gasteiger partial charge in [0.05, 0.1) is 4.92 Å². The van der Waals surface area contributed by atoms with Crippen molar-refractivity contribution in [3.63, 3.8) is 0 Å². The number of hydrogen-bond acceptors (Lipinski definition) is 6. The van der Waals surface area contributed by atoms with Gasteiger partial charge in [0.25, 0.3) is 11.6 Å². The van der Waals surface area contributed by atoms with E-state index in [9.17, 15) is 23.7 Å². The number of amides is 1. The average Bonchev–Trinajstić information content (AvgIpc) is 3.29. The molecule has 1 heterocycles. The van der Waals surface area contributed by atoms with Gasteiger partial charge in [-0.2, -0.15) is 0 Å². The van der Waals surface area contributed by atoms with Gasteiger partial charge in [-0.3, -0.25) is 14.9 Å². The second kappa shape index (κ2) is 10.4. The highest BCUT2D eigenvalue weighted by Crippen LogP contribution is 2.33. The Kier molecular flexibility index (Phi) is 7.11. The number of non-ortho nitro benzene ring substituents is 1. The van der Waals surface area contributed by atoms with Gasteiger partial charge in [0, 0.05) is 33.7 Å². The molecule has 0 spiro atoms. The van der Waals surface area contributed by atoms with Crippen LogP contribution in [-0.2, 0) is 6.61 Å². The lowest BCUT2D eigenvalue weighted by Gasteiger charge is -2.08. The summed E-state index contributed by atoms with van der Waals surface area (Å²) in [7, 11) is 0. The van der Waals surface area contributed by atoms with Crippen molar-refractivity contribution in [3.05, 3.63) is 112 Å². The molecule has 35 heavy (non-hydrogen) atoms. The Hall–Kier alpha value is -4.18. The molecule has 10 heteroatoms. The van der Waals surface area contributed by atoms with Crippen LogP contribution in [-0.4, -0.2) is 10.8 Å². The van der Waals surface area contributed by atoms with Crippen LogP contribution in [0.25, 0.3) is 0 Å². The third kappa shape index (κ3) is 6.24. The van der Waals surface area contributed by atoms with Crippen molar-refractivity contribution in [1.82, 2.24) is 0 Å². The van der Waals surface area contributed by atoms with E-state index in [0.29, 0.717) is 11.0 Å². The number of anilines is 1. The highest BCUT2D eigenvalue weighted by molar-refractivity contribution is 7.99. The molecular formula is C25H18F2N2O5S.